The van der Waals surface area contributed by atoms with Gasteiger partial charge in [-0.05, 0) is 44.0 Å². The fourth-order valence-corrected chi connectivity index (χ4v) is 7.67. The van der Waals surface area contributed by atoms with Gasteiger partial charge in [0.1, 0.15) is 11.8 Å². The van der Waals surface area contributed by atoms with Gasteiger partial charge in [-0.25, -0.2) is 0 Å². The molecule has 0 aromatic heterocycles. The van der Waals surface area contributed by atoms with Crippen LogP contribution in [0.5, 0.6) is 28.7 Å². The fraction of sp³-hybridized carbons (Fsp3) is 0.429. The van der Waals surface area contributed by atoms with Crippen LogP contribution in [-0.4, -0.2) is 82.8 Å². The van der Waals surface area contributed by atoms with E-state index in [2.05, 4.69) is 0 Å². The highest BCUT2D eigenvalue weighted by molar-refractivity contribution is 6.10. The van der Waals surface area contributed by atoms with E-state index in [0.717, 1.165) is 22.3 Å². The minimum atomic E-state index is -0.900. The first-order valence-electron chi connectivity index (χ1n) is 15.0. The van der Waals surface area contributed by atoms with Crippen LogP contribution in [0, 0.1) is 13.8 Å². The number of Topliss-reactive ketones (excluding diaryl/α,β-unsaturated/α-hetero) is 1. The lowest BCUT2D eigenvalue weighted by molar-refractivity contribution is -0.156. The number of carbonyl (C=O) groups is 2. The van der Waals surface area contributed by atoms with E-state index in [1.165, 1.54) is 7.11 Å². The molecule has 0 spiro atoms. The second-order valence-electron chi connectivity index (χ2n) is 11.7. The van der Waals surface area contributed by atoms with Gasteiger partial charge in [-0.1, -0.05) is 36.4 Å². The van der Waals surface area contributed by atoms with E-state index < -0.39 is 24.2 Å². The molecule has 0 unspecified atom stereocenters. The van der Waals surface area contributed by atoms with Crippen LogP contribution in [0.3, 0.4) is 0 Å². The summed E-state index contributed by atoms with van der Waals surface area (Å²) in [6.45, 7) is 4.24. The Morgan fingerprint density at radius 1 is 0.778 bits per heavy atom. The molecule has 3 aromatic rings. The molecule has 10 heteroatoms. The second kappa shape index (κ2) is 11.9. The standard InChI is InChI=1S/C35H40N2O8/c1-18-14-21-15-22-35(39)37-23(17-45-16-20-12-10-9-11-13-20)25-26(31(41-5)19(2)32(42-6)34(25)44-8)29(38)28(37)27(36(22)3)24(21)33(43-7)30(18)40-4/h9-14,22-23,27-28H,15-17H2,1-8H3/t22-,23-,27+,28-/m0/s1. The molecule has 6 rings (SSSR count). The molecule has 1 amide bonds. The summed E-state index contributed by atoms with van der Waals surface area (Å²) in [6, 6.07) is 9.30. The van der Waals surface area contributed by atoms with Crippen LogP contribution in [0.1, 0.15) is 55.8 Å². The number of amides is 1. The van der Waals surface area contributed by atoms with Crippen molar-refractivity contribution in [2.24, 2.45) is 0 Å². The Morgan fingerprint density at radius 3 is 2.02 bits per heavy atom. The summed E-state index contributed by atoms with van der Waals surface area (Å²) in [5.74, 6) is 2.01. The largest absolute Gasteiger partial charge is 0.496 e. The summed E-state index contributed by atoms with van der Waals surface area (Å²) in [5, 5.41) is 0. The third kappa shape index (κ3) is 4.53. The van der Waals surface area contributed by atoms with Gasteiger partial charge < -0.3 is 33.3 Å². The highest BCUT2D eigenvalue weighted by atomic mass is 16.5. The van der Waals surface area contributed by atoms with E-state index in [-0.39, 0.29) is 18.3 Å². The van der Waals surface area contributed by atoms with Gasteiger partial charge in [-0.2, -0.15) is 0 Å². The molecular weight excluding hydrogens is 576 g/mol. The number of hydrogen-bond acceptors (Lipinski definition) is 9. The van der Waals surface area contributed by atoms with Crippen LogP contribution in [0.2, 0.25) is 0 Å². The fourth-order valence-electron chi connectivity index (χ4n) is 7.67. The smallest absolute Gasteiger partial charge is 0.241 e. The highest BCUT2D eigenvalue weighted by Gasteiger charge is 2.59. The van der Waals surface area contributed by atoms with Gasteiger partial charge in [-0.3, -0.25) is 14.5 Å². The number of carbonyl (C=O) groups excluding carboxylic acids is 2. The maximum atomic E-state index is 15.0. The lowest BCUT2D eigenvalue weighted by atomic mass is 9.73. The number of likely N-dealkylation sites (N-methyl/N-ethyl adjacent to an activating group) is 1. The van der Waals surface area contributed by atoms with Crippen LogP contribution in [0.15, 0.2) is 36.4 Å². The normalized spacial score (nSPS) is 21.9. The van der Waals surface area contributed by atoms with Crippen molar-refractivity contribution in [1.29, 1.82) is 0 Å². The van der Waals surface area contributed by atoms with Gasteiger partial charge in [0, 0.05) is 16.7 Å². The van der Waals surface area contributed by atoms with Crippen LogP contribution in [0.25, 0.3) is 0 Å². The first kappa shape index (κ1) is 30.7. The van der Waals surface area contributed by atoms with Crippen molar-refractivity contribution in [2.75, 3.05) is 49.2 Å². The molecule has 1 fully saturated rings. The minimum Gasteiger partial charge on any atom is -0.496 e. The van der Waals surface area contributed by atoms with Gasteiger partial charge >= 0.3 is 0 Å². The van der Waals surface area contributed by atoms with E-state index in [4.69, 9.17) is 28.4 Å². The Morgan fingerprint density at radius 2 is 1.40 bits per heavy atom. The topological polar surface area (TPSA) is 96.0 Å². The van der Waals surface area contributed by atoms with Crippen LogP contribution in [-0.2, 0) is 22.6 Å². The zero-order valence-electron chi connectivity index (χ0n) is 27.1. The van der Waals surface area contributed by atoms with E-state index in [0.29, 0.717) is 58.5 Å². The third-order valence-corrected chi connectivity index (χ3v) is 9.54. The number of ether oxygens (including phenoxy) is 6. The first-order valence-corrected chi connectivity index (χ1v) is 15.0. The molecule has 45 heavy (non-hydrogen) atoms. The molecule has 3 aliphatic rings. The maximum absolute atomic E-state index is 15.0. The molecular formula is C35H40N2O8. The summed E-state index contributed by atoms with van der Waals surface area (Å²) < 4.78 is 35.8. The highest BCUT2D eigenvalue weighted by Crippen LogP contribution is 2.56. The number of aryl methyl sites for hydroxylation is 1. The van der Waals surface area contributed by atoms with E-state index >= 15 is 4.79 Å². The third-order valence-electron chi connectivity index (χ3n) is 9.54. The summed E-state index contributed by atoms with van der Waals surface area (Å²) in [4.78, 5) is 33.4. The number of methoxy groups -OCH3 is 5. The number of piperazine rings is 1. The Hall–Kier alpha value is -4.28. The number of rotatable bonds is 9. The van der Waals surface area contributed by atoms with Crippen molar-refractivity contribution < 1.29 is 38.0 Å². The quantitative estimate of drug-likeness (QED) is 0.342. The van der Waals surface area contributed by atoms with Gasteiger partial charge in [0.2, 0.25) is 5.91 Å². The number of fused-ring (bicyclic) bond motifs is 7. The Bertz CT molecular complexity index is 1660. The van der Waals surface area contributed by atoms with Crippen LogP contribution >= 0.6 is 0 Å². The van der Waals surface area contributed by atoms with Crippen LogP contribution in [0.4, 0.5) is 0 Å². The van der Waals surface area contributed by atoms with Crippen molar-refractivity contribution in [3.63, 3.8) is 0 Å². The molecule has 10 nitrogen and oxygen atoms in total. The lowest BCUT2D eigenvalue weighted by Crippen LogP contribution is -2.68. The van der Waals surface area contributed by atoms with E-state index in [1.54, 1.807) is 33.3 Å². The summed E-state index contributed by atoms with van der Waals surface area (Å²) in [6.07, 6.45) is 0.460. The lowest BCUT2D eigenvalue weighted by Gasteiger charge is -2.56. The zero-order chi connectivity index (χ0) is 32.2. The number of nitrogens with zero attached hydrogens (tertiary/aromatic N) is 2. The van der Waals surface area contributed by atoms with Crippen molar-refractivity contribution in [1.82, 2.24) is 9.80 Å². The van der Waals surface area contributed by atoms with Gasteiger partial charge in [-0.15, -0.1) is 0 Å². The number of ketones is 1. The molecule has 3 aromatic carbocycles. The van der Waals surface area contributed by atoms with Crippen LogP contribution < -0.4 is 23.7 Å². The summed E-state index contributed by atoms with van der Waals surface area (Å²) >= 11 is 0. The van der Waals surface area contributed by atoms with Gasteiger partial charge in [0.25, 0.3) is 0 Å². The SMILES string of the molecule is COc1c(C)cc2c(c1OC)[C@@H]1[C@H]3C(=O)c4c(OC)c(C)c(OC)c(OC)c4[C@H](COCc4ccccc4)N3C(=O)[C@H](C2)N1C. The van der Waals surface area contributed by atoms with Crippen molar-refractivity contribution in [3.8, 4) is 28.7 Å². The average molecular weight is 617 g/mol. The Kier molecular flexibility index (Phi) is 8.13. The number of hydrogen-bond donors (Lipinski definition) is 0. The molecule has 3 heterocycles. The predicted octanol–water partition coefficient (Wildman–Crippen LogP) is 4.61. The number of benzene rings is 3. The second-order valence-corrected chi connectivity index (χ2v) is 11.7. The average Bonchev–Trinajstić information content (AvgIpc) is 3.04. The Labute approximate surface area is 263 Å². The molecule has 3 aliphatic heterocycles. The van der Waals surface area contributed by atoms with Crippen molar-refractivity contribution >= 4 is 11.7 Å². The molecule has 4 atom stereocenters. The predicted molar refractivity (Wildman–Crippen MR) is 167 cm³/mol. The zero-order valence-corrected chi connectivity index (χ0v) is 27.1. The molecule has 0 aliphatic carbocycles. The Balaban J connectivity index is 1.60. The maximum Gasteiger partial charge on any atom is 0.241 e. The molecule has 1 saturated heterocycles. The molecule has 0 saturated carbocycles. The molecule has 0 radical (unpaired) electrons. The van der Waals surface area contributed by atoms with Gasteiger partial charge in [0.05, 0.1) is 72.5 Å². The van der Waals surface area contributed by atoms with E-state index in [9.17, 15) is 4.79 Å². The monoisotopic (exact) mass is 616 g/mol. The van der Waals surface area contributed by atoms with Gasteiger partial charge in [0.15, 0.2) is 28.8 Å². The first-order chi connectivity index (χ1) is 21.7. The molecule has 2 bridgehead atoms. The molecule has 238 valence electrons. The van der Waals surface area contributed by atoms with E-state index in [1.807, 2.05) is 62.2 Å². The molecule has 0 N–H and O–H groups in total. The summed E-state index contributed by atoms with van der Waals surface area (Å²) in [5.41, 5.74) is 5.24. The van der Waals surface area contributed by atoms with Crippen molar-refractivity contribution in [2.45, 2.75) is 51.0 Å². The summed E-state index contributed by atoms with van der Waals surface area (Å²) in [7, 11) is 9.75. The minimum absolute atomic E-state index is 0.119. The van der Waals surface area contributed by atoms with Crippen molar-refractivity contribution in [3.05, 3.63) is 75.3 Å².